The molecule has 1 aliphatic heterocycles. The average Bonchev–Trinajstić information content (AvgIpc) is 3.12. The summed E-state index contributed by atoms with van der Waals surface area (Å²) in [6.07, 6.45) is 4.43. The number of carbonyl (C=O) groups excluding carboxylic acids is 1. The molecule has 2 aromatic carbocycles. The van der Waals surface area contributed by atoms with E-state index in [0.29, 0.717) is 12.6 Å². The summed E-state index contributed by atoms with van der Waals surface area (Å²) in [7, 11) is 2.13. The highest BCUT2D eigenvalue weighted by Crippen LogP contribution is 2.29. The topological polar surface area (TPSA) is 61.8 Å². The quantitative estimate of drug-likeness (QED) is 0.714. The molecule has 5 heteroatoms. The van der Waals surface area contributed by atoms with E-state index in [4.69, 9.17) is 9.84 Å². The van der Waals surface area contributed by atoms with Crippen molar-refractivity contribution in [3.05, 3.63) is 54.1 Å². The molecular weight excluding hydrogens is 352 g/mol. The lowest BCUT2D eigenvalue weighted by atomic mass is 9.99. The molecule has 0 aromatic heterocycles. The van der Waals surface area contributed by atoms with Crippen LogP contribution in [0.15, 0.2) is 48.5 Å². The summed E-state index contributed by atoms with van der Waals surface area (Å²) in [5, 5.41) is 11.9. The Kier molecular flexibility index (Phi) is 7.46. The number of rotatable bonds is 8. The number of likely N-dealkylation sites (tertiary alicyclic amines) is 1. The van der Waals surface area contributed by atoms with Crippen LogP contribution in [-0.4, -0.2) is 48.9 Å². The normalized spacial score (nSPS) is 16.9. The Morgan fingerprint density at radius 2 is 2.11 bits per heavy atom. The molecule has 3 rings (SSSR count). The van der Waals surface area contributed by atoms with Crippen LogP contribution >= 0.6 is 0 Å². The molecular formula is C23H30N2O3. The van der Waals surface area contributed by atoms with Gasteiger partial charge in [0.2, 0.25) is 0 Å². The van der Waals surface area contributed by atoms with E-state index in [1.807, 2.05) is 36.4 Å². The zero-order valence-corrected chi connectivity index (χ0v) is 16.6. The summed E-state index contributed by atoms with van der Waals surface area (Å²) in [5.41, 5.74) is 3.91. The lowest BCUT2D eigenvalue weighted by Crippen LogP contribution is -2.27. The summed E-state index contributed by atoms with van der Waals surface area (Å²) >= 11 is 0. The van der Waals surface area contributed by atoms with Crippen molar-refractivity contribution in [3.8, 4) is 11.1 Å². The molecule has 1 aliphatic rings. The molecule has 1 fully saturated rings. The van der Waals surface area contributed by atoms with Gasteiger partial charge in [0.05, 0.1) is 12.3 Å². The van der Waals surface area contributed by atoms with Crippen LogP contribution in [0, 0.1) is 0 Å². The second kappa shape index (κ2) is 10.2. The SMILES string of the molecule is CN1CCCC1CCOC(=O)Nc1ccccc1-c1cccc(CCCO)c1. The molecule has 0 saturated carbocycles. The number of aliphatic hydroxyl groups excluding tert-OH is 1. The van der Waals surface area contributed by atoms with Gasteiger partial charge in [0.25, 0.3) is 0 Å². The van der Waals surface area contributed by atoms with Gasteiger partial charge >= 0.3 is 6.09 Å². The number of anilines is 1. The third-order valence-corrected chi connectivity index (χ3v) is 5.38. The third kappa shape index (κ3) is 5.57. The number of aliphatic hydroxyl groups is 1. The van der Waals surface area contributed by atoms with Crippen LogP contribution in [0.3, 0.4) is 0 Å². The van der Waals surface area contributed by atoms with E-state index < -0.39 is 6.09 Å². The van der Waals surface area contributed by atoms with Crippen molar-refractivity contribution in [3.63, 3.8) is 0 Å². The van der Waals surface area contributed by atoms with Gasteiger partial charge in [0, 0.05) is 18.2 Å². The second-order valence-corrected chi connectivity index (χ2v) is 7.40. The zero-order chi connectivity index (χ0) is 19.8. The first kappa shape index (κ1) is 20.4. The van der Waals surface area contributed by atoms with Gasteiger partial charge in [-0.25, -0.2) is 4.79 Å². The molecule has 0 aliphatic carbocycles. The Morgan fingerprint density at radius 3 is 2.89 bits per heavy atom. The molecule has 28 heavy (non-hydrogen) atoms. The number of amides is 1. The van der Waals surface area contributed by atoms with Crippen molar-refractivity contribution >= 4 is 11.8 Å². The van der Waals surface area contributed by atoms with Gasteiger partial charge < -0.3 is 14.7 Å². The number of hydrogen-bond donors (Lipinski definition) is 2. The molecule has 2 aromatic rings. The number of nitrogens with zero attached hydrogens (tertiary/aromatic N) is 1. The Labute approximate surface area is 167 Å². The molecule has 1 amide bonds. The van der Waals surface area contributed by atoms with Crippen molar-refractivity contribution in [2.75, 3.05) is 32.1 Å². The number of nitrogens with one attached hydrogen (secondary N) is 1. The number of hydrogen-bond acceptors (Lipinski definition) is 4. The van der Waals surface area contributed by atoms with Crippen LogP contribution in [-0.2, 0) is 11.2 Å². The monoisotopic (exact) mass is 382 g/mol. The van der Waals surface area contributed by atoms with Gasteiger partial charge in [-0.2, -0.15) is 0 Å². The summed E-state index contributed by atoms with van der Waals surface area (Å²) in [6, 6.07) is 16.5. The molecule has 1 saturated heterocycles. The number of ether oxygens (including phenoxy) is 1. The van der Waals surface area contributed by atoms with Gasteiger partial charge in [0.1, 0.15) is 0 Å². The maximum absolute atomic E-state index is 12.3. The molecule has 0 radical (unpaired) electrons. The van der Waals surface area contributed by atoms with Crippen LogP contribution in [0.4, 0.5) is 10.5 Å². The Bertz CT molecular complexity index is 778. The summed E-state index contributed by atoms with van der Waals surface area (Å²) in [5.74, 6) is 0. The van der Waals surface area contributed by atoms with Gasteiger partial charge in [-0.1, -0.05) is 42.5 Å². The minimum absolute atomic E-state index is 0.185. The molecule has 1 atom stereocenters. The number of aryl methyl sites for hydroxylation is 1. The summed E-state index contributed by atoms with van der Waals surface area (Å²) in [6.45, 7) is 1.74. The van der Waals surface area contributed by atoms with Crippen molar-refractivity contribution in [1.82, 2.24) is 4.90 Å². The molecule has 0 spiro atoms. The largest absolute Gasteiger partial charge is 0.449 e. The molecule has 150 valence electrons. The first-order valence-electron chi connectivity index (χ1n) is 10.1. The van der Waals surface area contributed by atoms with E-state index >= 15 is 0 Å². The number of benzene rings is 2. The lowest BCUT2D eigenvalue weighted by Gasteiger charge is -2.19. The molecule has 5 nitrogen and oxygen atoms in total. The fourth-order valence-corrected chi connectivity index (χ4v) is 3.80. The van der Waals surface area contributed by atoms with E-state index in [2.05, 4.69) is 29.4 Å². The summed E-state index contributed by atoms with van der Waals surface area (Å²) in [4.78, 5) is 14.6. The van der Waals surface area contributed by atoms with E-state index in [9.17, 15) is 4.79 Å². The second-order valence-electron chi connectivity index (χ2n) is 7.40. The predicted octanol–water partition coefficient (Wildman–Crippen LogP) is 4.31. The van der Waals surface area contributed by atoms with Gasteiger partial charge in [-0.05, 0) is 62.9 Å². The zero-order valence-electron chi connectivity index (χ0n) is 16.6. The van der Waals surface area contributed by atoms with Crippen molar-refractivity contribution in [2.45, 2.75) is 38.1 Å². The fraction of sp³-hybridized carbons (Fsp3) is 0.435. The number of para-hydroxylation sites is 1. The van der Waals surface area contributed by atoms with Gasteiger partial charge in [-0.15, -0.1) is 0 Å². The maximum Gasteiger partial charge on any atom is 0.411 e. The maximum atomic E-state index is 12.3. The Balaban J connectivity index is 1.61. The average molecular weight is 383 g/mol. The van der Waals surface area contributed by atoms with Crippen LogP contribution in [0.2, 0.25) is 0 Å². The van der Waals surface area contributed by atoms with Crippen LogP contribution in [0.5, 0.6) is 0 Å². The van der Waals surface area contributed by atoms with E-state index in [1.54, 1.807) is 0 Å². The first-order chi connectivity index (χ1) is 13.7. The lowest BCUT2D eigenvalue weighted by molar-refractivity contribution is 0.147. The van der Waals surface area contributed by atoms with E-state index in [0.717, 1.165) is 42.6 Å². The first-order valence-corrected chi connectivity index (χ1v) is 10.1. The minimum Gasteiger partial charge on any atom is -0.449 e. The highest BCUT2D eigenvalue weighted by molar-refractivity contribution is 5.91. The standard InChI is InChI=1S/C23H30N2O3/c1-25-14-5-10-20(25)13-16-28-23(27)24-22-12-3-2-11-21(22)19-9-4-7-18(17-19)8-6-15-26/h2-4,7,9,11-12,17,20,26H,5-6,8,10,13-16H2,1H3,(H,24,27). The van der Waals surface area contributed by atoms with Gasteiger partial charge in [-0.3, -0.25) is 5.32 Å². The van der Waals surface area contributed by atoms with Crippen molar-refractivity contribution in [2.24, 2.45) is 0 Å². The molecule has 0 bridgehead atoms. The van der Waals surface area contributed by atoms with Crippen LogP contribution in [0.25, 0.3) is 11.1 Å². The number of carbonyl (C=O) groups is 1. The molecule has 1 unspecified atom stereocenters. The van der Waals surface area contributed by atoms with E-state index in [-0.39, 0.29) is 6.61 Å². The van der Waals surface area contributed by atoms with E-state index in [1.165, 1.54) is 18.4 Å². The summed E-state index contributed by atoms with van der Waals surface area (Å²) < 4.78 is 5.42. The third-order valence-electron chi connectivity index (χ3n) is 5.38. The molecule has 1 heterocycles. The van der Waals surface area contributed by atoms with Crippen molar-refractivity contribution in [1.29, 1.82) is 0 Å². The Hall–Kier alpha value is -2.37. The minimum atomic E-state index is -0.412. The smallest absolute Gasteiger partial charge is 0.411 e. The Morgan fingerprint density at radius 1 is 1.25 bits per heavy atom. The van der Waals surface area contributed by atoms with Crippen molar-refractivity contribution < 1.29 is 14.6 Å². The fourth-order valence-electron chi connectivity index (χ4n) is 3.80. The van der Waals surface area contributed by atoms with Crippen LogP contribution < -0.4 is 5.32 Å². The highest BCUT2D eigenvalue weighted by atomic mass is 16.5. The van der Waals surface area contributed by atoms with Crippen LogP contribution in [0.1, 0.15) is 31.2 Å². The highest BCUT2D eigenvalue weighted by Gasteiger charge is 2.20. The molecule has 2 N–H and O–H groups in total. The predicted molar refractivity (Wildman–Crippen MR) is 113 cm³/mol. The van der Waals surface area contributed by atoms with Gasteiger partial charge in [0.15, 0.2) is 0 Å².